The van der Waals surface area contributed by atoms with Gasteiger partial charge in [-0.2, -0.15) is 9.37 Å². The van der Waals surface area contributed by atoms with Crippen LogP contribution in [0.25, 0.3) is 11.1 Å². The molecule has 13 heteroatoms. The number of nitrogens with one attached hydrogen (secondary N) is 1. The third-order valence-corrected chi connectivity index (χ3v) is 9.43. The first-order valence-electron chi connectivity index (χ1n) is 15.4. The van der Waals surface area contributed by atoms with Crippen LogP contribution in [0, 0.1) is 5.82 Å². The van der Waals surface area contributed by atoms with Crippen LogP contribution >= 0.6 is 11.6 Å². The molecule has 3 N–H and O–H groups in total. The van der Waals surface area contributed by atoms with Crippen LogP contribution in [0.2, 0.25) is 5.02 Å². The SMILES string of the molecule is NC(=O)[N+]1=CC(N2CCN3CC[C@@H](C(=O)NCc4cccc(Cl)c4F)N3C2=O)c2ccc(-c3ccc(N4CCOCC4)cc3)cc21. The summed E-state index contributed by atoms with van der Waals surface area (Å²) >= 11 is 5.89. The molecule has 4 aliphatic rings. The molecule has 3 saturated heterocycles. The standard InChI is InChI=1S/C33H33ClFN7O4/c34-26-3-1-2-23(30(26)35)19-37-31(43)27-10-11-39-12-13-40(33(45)42(27)39)29-20-41(32(36)44)28-18-22(6-9-25(28)29)21-4-7-24(8-5-21)38-14-16-46-17-15-38/h1-9,18,20,27,29H,10-17,19H2,(H2-,36,37,43,44)/p+1/t27-,29?/m0/s1. The normalized spacial score (nSPS) is 21.2. The fraction of sp³-hybridized carbons (Fsp3) is 0.333. The number of urea groups is 2. The Morgan fingerprint density at radius 3 is 2.52 bits per heavy atom. The van der Waals surface area contributed by atoms with E-state index < -0.39 is 23.9 Å². The van der Waals surface area contributed by atoms with Crippen molar-refractivity contribution < 1.29 is 28.1 Å². The number of fused-ring (bicyclic) bond motifs is 2. The van der Waals surface area contributed by atoms with Crippen molar-refractivity contribution in [2.24, 2.45) is 5.73 Å². The van der Waals surface area contributed by atoms with Crippen molar-refractivity contribution in [1.29, 1.82) is 0 Å². The molecule has 2 atom stereocenters. The van der Waals surface area contributed by atoms with E-state index in [9.17, 15) is 18.8 Å². The summed E-state index contributed by atoms with van der Waals surface area (Å²) in [6.07, 6.45) is 2.11. The van der Waals surface area contributed by atoms with Gasteiger partial charge in [0, 0.05) is 56.1 Å². The summed E-state index contributed by atoms with van der Waals surface area (Å²) in [7, 11) is 0. The number of rotatable bonds is 6. The van der Waals surface area contributed by atoms with Crippen molar-refractivity contribution >= 4 is 47.2 Å². The molecule has 11 nitrogen and oxygen atoms in total. The van der Waals surface area contributed by atoms with Crippen LogP contribution < -0.4 is 16.0 Å². The molecule has 0 bridgehead atoms. The van der Waals surface area contributed by atoms with E-state index in [1.54, 1.807) is 23.2 Å². The van der Waals surface area contributed by atoms with Gasteiger partial charge in [-0.15, -0.1) is 0 Å². The second-order valence-corrected chi connectivity index (χ2v) is 12.1. The average Bonchev–Trinajstić information content (AvgIpc) is 3.69. The number of carbonyl (C=O) groups is 3. The minimum atomic E-state index is -0.756. The van der Waals surface area contributed by atoms with E-state index in [1.165, 1.54) is 15.7 Å². The first kappa shape index (κ1) is 30.2. The average molecular weight is 647 g/mol. The Hall–Kier alpha value is -4.52. The molecule has 4 heterocycles. The predicted molar refractivity (Wildman–Crippen MR) is 170 cm³/mol. The van der Waals surface area contributed by atoms with E-state index >= 15 is 0 Å². The number of hydrogen-bond acceptors (Lipinski definition) is 6. The van der Waals surface area contributed by atoms with Crippen molar-refractivity contribution in [3.8, 4) is 11.1 Å². The maximum absolute atomic E-state index is 14.4. The molecule has 4 aliphatic heterocycles. The Labute approximate surface area is 270 Å². The fourth-order valence-corrected chi connectivity index (χ4v) is 6.91. The van der Waals surface area contributed by atoms with Gasteiger partial charge in [-0.3, -0.25) is 10.5 Å². The number of amides is 5. The molecule has 3 aromatic carbocycles. The molecular formula is C33H34ClFN7O4+. The van der Waals surface area contributed by atoms with E-state index in [-0.39, 0.29) is 29.1 Å². The minimum absolute atomic E-state index is 0.0208. The first-order chi connectivity index (χ1) is 22.3. The summed E-state index contributed by atoms with van der Waals surface area (Å²) in [4.78, 5) is 43.8. The molecule has 3 aromatic rings. The molecule has 238 valence electrons. The highest BCUT2D eigenvalue weighted by molar-refractivity contribution is 6.30. The van der Waals surface area contributed by atoms with Gasteiger partial charge in [0.05, 0.1) is 18.2 Å². The zero-order chi connectivity index (χ0) is 31.9. The molecule has 3 fully saturated rings. The molecule has 0 saturated carbocycles. The Kier molecular flexibility index (Phi) is 8.09. The van der Waals surface area contributed by atoms with E-state index in [4.69, 9.17) is 22.1 Å². The topological polar surface area (TPSA) is 114 Å². The number of primary amides is 1. The number of anilines is 1. The van der Waals surface area contributed by atoms with Crippen molar-refractivity contribution in [2.75, 3.05) is 50.8 Å². The highest BCUT2D eigenvalue weighted by atomic mass is 35.5. The molecule has 7 rings (SSSR count). The van der Waals surface area contributed by atoms with Gasteiger partial charge in [0.2, 0.25) is 5.91 Å². The summed E-state index contributed by atoms with van der Waals surface area (Å²) in [5, 5.41) is 6.10. The molecule has 0 radical (unpaired) electrons. The summed E-state index contributed by atoms with van der Waals surface area (Å²) in [6, 6.07) is 16.4. The monoisotopic (exact) mass is 646 g/mol. The third kappa shape index (κ3) is 5.46. The van der Waals surface area contributed by atoms with Gasteiger partial charge in [0.1, 0.15) is 29.8 Å². The van der Waals surface area contributed by atoms with E-state index in [0.717, 1.165) is 35.5 Å². The summed E-state index contributed by atoms with van der Waals surface area (Å²) in [6.45, 7) is 4.52. The van der Waals surface area contributed by atoms with Crippen LogP contribution in [0.5, 0.6) is 0 Å². The second kappa shape index (κ2) is 12.3. The molecule has 0 spiro atoms. The number of carbonyl (C=O) groups excluding carboxylic acids is 3. The number of ether oxygens (including phenoxy) is 1. The van der Waals surface area contributed by atoms with Gasteiger partial charge >= 0.3 is 12.1 Å². The quantitative estimate of drug-likeness (QED) is 0.393. The smallest absolute Gasteiger partial charge is 0.378 e. The van der Waals surface area contributed by atoms with Crippen LogP contribution in [-0.2, 0) is 16.1 Å². The van der Waals surface area contributed by atoms with Gasteiger partial charge in [-0.1, -0.05) is 48.0 Å². The summed E-state index contributed by atoms with van der Waals surface area (Å²) < 4.78 is 21.2. The number of nitrogens with zero attached hydrogens (tertiary/aromatic N) is 5. The molecule has 5 amide bonds. The van der Waals surface area contributed by atoms with Crippen LogP contribution in [0.3, 0.4) is 0 Å². The van der Waals surface area contributed by atoms with Crippen LogP contribution in [0.1, 0.15) is 23.6 Å². The maximum Gasteiger partial charge on any atom is 0.493 e. The molecule has 1 unspecified atom stereocenters. The van der Waals surface area contributed by atoms with Crippen molar-refractivity contribution in [2.45, 2.75) is 25.0 Å². The third-order valence-electron chi connectivity index (χ3n) is 9.14. The van der Waals surface area contributed by atoms with Crippen molar-refractivity contribution in [3.63, 3.8) is 0 Å². The van der Waals surface area contributed by atoms with Crippen molar-refractivity contribution in [3.05, 3.63) is 82.6 Å². The fourth-order valence-electron chi connectivity index (χ4n) is 6.72. The number of benzene rings is 3. The Morgan fingerprint density at radius 2 is 1.76 bits per heavy atom. The van der Waals surface area contributed by atoms with Gasteiger partial charge in [0.25, 0.3) is 0 Å². The predicted octanol–water partition coefficient (Wildman–Crippen LogP) is 3.87. The molecule has 46 heavy (non-hydrogen) atoms. The highest BCUT2D eigenvalue weighted by Gasteiger charge is 2.48. The Morgan fingerprint density at radius 1 is 1.00 bits per heavy atom. The lowest BCUT2D eigenvalue weighted by Gasteiger charge is -2.42. The largest absolute Gasteiger partial charge is 0.493 e. The second-order valence-electron chi connectivity index (χ2n) is 11.7. The van der Waals surface area contributed by atoms with Crippen molar-refractivity contribution in [1.82, 2.24) is 20.2 Å². The van der Waals surface area contributed by atoms with Gasteiger partial charge in [0.15, 0.2) is 0 Å². The number of morpholine rings is 1. The maximum atomic E-state index is 14.4. The zero-order valence-electron chi connectivity index (χ0n) is 25.1. The van der Waals surface area contributed by atoms with Gasteiger partial charge < -0.3 is 19.9 Å². The summed E-state index contributed by atoms with van der Waals surface area (Å²) in [5.41, 5.74) is 10.5. The number of hydrogen-bond donors (Lipinski definition) is 2. The lowest BCUT2D eigenvalue weighted by Crippen LogP contribution is -2.61. The van der Waals surface area contributed by atoms with Crippen LogP contribution in [-0.4, -0.2) is 95.7 Å². The van der Waals surface area contributed by atoms with Crippen LogP contribution in [0.4, 0.5) is 25.4 Å². The Bertz CT molecular complexity index is 1730. The lowest BCUT2D eigenvalue weighted by molar-refractivity contribution is -0.321. The number of nitrogens with two attached hydrogens (primary N) is 1. The summed E-state index contributed by atoms with van der Waals surface area (Å²) in [5.74, 6) is -0.962. The number of hydrazine groups is 1. The van der Waals surface area contributed by atoms with Gasteiger partial charge in [-0.25, -0.2) is 19.2 Å². The molecule has 0 aliphatic carbocycles. The zero-order valence-corrected chi connectivity index (χ0v) is 25.8. The lowest BCUT2D eigenvalue weighted by atomic mass is 9.99. The van der Waals surface area contributed by atoms with E-state index in [1.807, 2.05) is 23.2 Å². The first-order valence-corrected chi connectivity index (χ1v) is 15.7. The van der Waals surface area contributed by atoms with E-state index in [2.05, 4.69) is 34.5 Å². The van der Waals surface area contributed by atoms with Crippen LogP contribution in [0.15, 0.2) is 60.7 Å². The van der Waals surface area contributed by atoms with Gasteiger partial charge in [-0.05, 0) is 41.8 Å². The minimum Gasteiger partial charge on any atom is -0.378 e. The highest BCUT2D eigenvalue weighted by Crippen LogP contribution is 2.39. The molecule has 0 aromatic heterocycles. The van der Waals surface area contributed by atoms with E-state index in [0.29, 0.717) is 45.0 Å². The Balaban J connectivity index is 1.10. The molecular weight excluding hydrogens is 613 g/mol. The number of halogens is 2.